The molecule has 2 aromatic rings. The van der Waals surface area contributed by atoms with Gasteiger partial charge in [-0.15, -0.1) is 0 Å². The fourth-order valence-corrected chi connectivity index (χ4v) is 8.48. The highest BCUT2D eigenvalue weighted by atomic mass is 16.2. The van der Waals surface area contributed by atoms with E-state index in [1.807, 2.05) is 0 Å². The van der Waals surface area contributed by atoms with E-state index in [9.17, 15) is 19.2 Å². The first-order valence-electron chi connectivity index (χ1n) is 18.5. The van der Waals surface area contributed by atoms with Gasteiger partial charge in [0.05, 0.1) is 0 Å². The SMILES string of the molecule is Nc1cc(=O)n(CC2CCCCC2)c(=O)n1CC1CCCCC1.Nc1cc(=O)n(CC2CCCCC2)c(=O)n1CC1CCCCC1. The second kappa shape index (κ2) is 16.7. The van der Waals surface area contributed by atoms with Crippen LogP contribution in [0.15, 0.2) is 31.3 Å². The highest BCUT2D eigenvalue weighted by Gasteiger charge is 2.22. The summed E-state index contributed by atoms with van der Waals surface area (Å²) in [4.78, 5) is 50.1. The molecule has 0 aromatic carbocycles. The molecule has 0 unspecified atom stereocenters. The van der Waals surface area contributed by atoms with E-state index in [0.29, 0.717) is 61.5 Å². The lowest BCUT2D eigenvalue weighted by molar-refractivity contribution is 0.294. The molecular weight excluding hydrogens is 580 g/mol. The number of rotatable bonds is 8. The summed E-state index contributed by atoms with van der Waals surface area (Å²) in [6.07, 6.45) is 24.1. The zero-order chi connectivity index (χ0) is 32.5. The van der Waals surface area contributed by atoms with Crippen LogP contribution < -0.4 is 34.0 Å². The van der Waals surface area contributed by atoms with Crippen molar-refractivity contribution in [2.24, 2.45) is 23.7 Å². The van der Waals surface area contributed by atoms with E-state index in [1.54, 1.807) is 9.13 Å². The molecule has 2 aromatic heterocycles. The summed E-state index contributed by atoms with van der Waals surface area (Å²) >= 11 is 0. The minimum absolute atomic E-state index is 0.203. The van der Waals surface area contributed by atoms with Gasteiger partial charge in [-0.25, -0.2) is 9.59 Å². The molecule has 4 fully saturated rings. The molecule has 0 saturated heterocycles. The van der Waals surface area contributed by atoms with Gasteiger partial charge in [0.2, 0.25) is 0 Å². The highest BCUT2D eigenvalue weighted by molar-refractivity contribution is 5.27. The lowest BCUT2D eigenvalue weighted by Crippen LogP contribution is -2.43. The van der Waals surface area contributed by atoms with Gasteiger partial charge in [-0.2, -0.15) is 0 Å². The smallest absolute Gasteiger partial charge is 0.332 e. The van der Waals surface area contributed by atoms with Crippen molar-refractivity contribution in [3.05, 3.63) is 53.8 Å². The Bertz CT molecular complexity index is 1380. The third-order valence-corrected chi connectivity index (χ3v) is 11.3. The van der Waals surface area contributed by atoms with Crippen LogP contribution in [-0.4, -0.2) is 18.3 Å². The number of nitrogens with zero attached hydrogens (tertiary/aromatic N) is 4. The van der Waals surface area contributed by atoms with Crippen molar-refractivity contribution in [3.8, 4) is 0 Å². The van der Waals surface area contributed by atoms with Gasteiger partial charge in [0.15, 0.2) is 0 Å². The van der Waals surface area contributed by atoms with Gasteiger partial charge in [0.1, 0.15) is 11.6 Å². The van der Waals surface area contributed by atoms with Gasteiger partial charge in [-0.1, -0.05) is 77.0 Å². The van der Waals surface area contributed by atoms with E-state index in [1.165, 1.54) is 98.3 Å². The van der Waals surface area contributed by atoms with Crippen molar-refractivity contribution in [2.45, 2.75) is 155 Å². The molecule has 10 heteroatoms. The van der Waals surface area contributed by atoms with Crippen molar-refractivity contribution >= 4 is 11.6 Å². The van der Waals surface area contributed by atoms with Gasteiger partial charge < -0.3 is 11.5 Å². The molecule has 46 heavy (non-hydrogen) atoms. The topological polar surface area (TPSA) is 140 Å². The fraction of sp³-hybridized carbons (Fsp3) is 0.778. The minimum atomic E-state index is -0.238. The summed E-state index contributed by atoms with van der Waals surface area (Å²) in [5.41, 5.74) is 11.1. The Morgan fingerprint density at radius 2 is 0.652 bits per heavy atom. The Morgan fingerprint density at radius 3 is 0.913 bits per heavy atom. The number of anilines is 2. The van der Waals surface area contributed by atoms with Crippen LogP contribution in [0.4, 0.5) is 11.6 Å². The van der Waals surface area contributed by atoms with Crippen LogP contribution in [-0.2, 0) is 26.2 Å². The molecule has 0 spiro atoms. The molecule has 256 valence electrons. The molecule has 0 atom stereocenters. The summed E-state index contributed by atoms with van der Waals surface area (Å²) in [5.74, 6) is 2.60. The first kappa shape index (κ1) is 34.3. The van der Waals surface area contributed by atoms with Gasteiger partial charge in [0.25, 0.3) is 11.1 Å². The molecule has 0 bridgehead atoms. The van der Waals surface area contributed by atoms with E-state index in [2.05, 4.69) is 0 Å². The van der Waals surface area contributed by atoms with Gasteiger partial charge in [0, 0.05) is 38.3 Å². The van der Waals surface area contributed by atoms with Crippen LogP contribution >= 0.6 is 0 Å². The van der Waals surface area contributed by atoms with Crippen molar-refractivity contribution in [2.75, 3.05) is 11.5 Å². The Balaban J connectivity index is 0.000000181. The second-order valence-electron chi connectivity index (χ2n) is 14.8. The van der Waals surface area contributed by atoms with Crippen molar-refractivity contribution < 1.29 is 0 Å². The molecule has 4 N–H and O–H groups in total. The van der Waals surface area contributed by atoms with Crippen molar-refractivity contribution in [3.63, 3.8) is 0 Å². The Morgan fingerprint density at radius 1 is 0.413 bits per heavy atom. The van der Waals surface area contributed by atoms with Crippen LogP contribution in [0.5, 0.6) is 0 Å². The van der Waals surface area contributed by atoms with E-state index < -0.39 is 0 Å². The first-order chi connectivity index (χ1) is 22.3. The van der Waals surface area contributed by atoms with Crippen LogP contribution in [0.1, 0.15) is 128 Å². The summed E-state index contributed by atoms with van der Waals surface area (Å²) in [5, 5.41) is 0. The molecule has 4 saturated carbocycles. The van der Waals surface area contributed by atoms with Gasteiger partial charge in [-0.3, -0.25) is 27.9 Å². The third kappa shape index (κ3) is 9.06. The largest absolute Gasteiger partial charge is 0.385 e. The molecule has 2 heterocycles. The second-order valence-corrected chi connectivity index (χ2v) is 14.8. The normalized spacial score (nSPS) is 20.7. The molecule has 0 aliphatic heterocycles. The fourth-order valence-electron chi connectivity index (χ4n) is 8.48. The van der Waals surface area contributed by atoms with E-state index in [-0.39, 0.29) is 22.5 Å². The molecule has 10 nitrogen and oxygen atoms in total. The van der Waals surface area contributed by atoms with E-state index in [4.69, 9.17) is 11.5 Å². The number of nitrogens with two attached hydrogens (primary N) is 2. The average Bonchev–Trinajstić information content (AvgIpc) is 3.07. The zero-order valence-corrected chi connectivity index (χ0v) is 28.0. The Labute approximate surface area is 273 Å². The standard InChI is InChI=1S/2C18H29N3O2/c2*19-16-11-17(22)21(13-15-9-5-2-6-10-15)18(23)20(16)12-14-7-3-1-4-8-14/h2*11,14-15H,1-10,12-13,19H2. The summed E-state index contributed by atoms with van der Waals surface area (Å²) in [7, 11) is 0. The highest BCUT2D eigenvalue weighted by Crippen LogP contribution is 2.27. The van der Waals surface area contributed by atoms with Gasteiger partial charge >= 0.3 is 11.4 Å². The lowest BCUT2D eigenvalue weighted by Gasteiger charge is -2.25. The quantitative estimate of drug-likeness (QED) is 0.391. The van der Waals surface area contributed by atoms with Crippen LogP contribution in [0, 0.1) is 23.7 Å². The third-order valence-electron chi connectivity index (χ3n) is 11.3. The van der Waals surface area contributed by atoms with E-state index in [0.717, 1.165) is 51.4 Å². The Hall–Kier alpha value is -3.04. The maximum atomic E-state index is 12.8. The number of nitrogen functional groups attached to an aromatic ring is 2. The molecule has 0 radical (unpaired) electrons. The number of hydrogen-bond acceptors (Lipinski definition) is 6. The van der Waals surface area contributed by atoms with Gasteiger partial charge in [-0.05, 0) is 75.0 Å². The van der Waals surface area contributed by atoms with Crippen molar-refractivity contribution in [1.29, 1.82) is 0 Å². The molecule has 6 rings (SSSR count). The minimum Gasteiger partial charge on any atom is -0.385 e. The van der Waals surface area contributed by atoms with Crippen LogP contribution in [0.25, 0.3) is 0 Å². The van der Waals surface area contributed by atoms with Crippen LogP contribution in [0.3, 0.4) is 0 Å². The van der Waals surface area contributed by atoms with E-state index >= 15 is 0 Å². The van der Waals surface area contributed by atoms with Crippen molar-refractivity contribution in [1.82, 2.24) is 18.3 Å². The Kier molecular flexibility index (Phi) is 12.4. The molecular formula is C36H58N6O4. The van der Waals surface area contributed by atoms with Crippen LogP contribution in [0.2, 0.25) is 0 Å². The maximum Gasteiger partial charge on any atom is 0.332 e. The number of aromatic nitrogens is 4. The predicted molar refractivity (Wildman–Crippen MR) is 185 cm³/mol. The average molecular weight is 639 g/mol. The first-order valence-corrected chi connectivity index (χ1v) is 18.5. The lowest BCUT2D eigenvalue weighted by atomic mass is 9.89. The molecule has 4 aliphatic rings. The molecule has 0 amide bonds. The predicted octanol–water partition coefficient (Wildman–Crippen LogP) is 5.51. The number of hydrogen-bond donors (Lipinski definition) is 2. The maximum absolute atomic E-state index is 12.8. The summed E-state index contributed by atoms with van der Waals surface area (Å²) in [6, 6.07) is 2.88. The summed E-state index contributed by atoms with van der Waals surface area (Å²) < 4.78 is 6.13. The molecule has 4 aliphatic carbocycles. The zero-order valence-electron chi connectivity index (χ0n) is 28.0. The summed E-state index contributed by atoms with van der Waals surface area (Å²) in [6.45, 7) is 2.44. The monoisotopic (exact) mass is 638 g/mol.